The van der Waals surface area contributed by atoms with E-state index in [1.807, 2.05) is 0 Å². The summed E-state index contributed by atoms with van der Waals surface area (Å²) in [6.45, 7) is 3.46. The Balaban J connectivity index is 1.61. The summed E-state index contributed by atoms with van der Waals surface area (Å²) in [5, 5.41) is 1.58. The van der Waals surface area contributed by atoms with Crippen molar-refractivity contribution in [1.29, 1.82) is 0 Å². The van der Waals surface area contributed by atoms with Crippen LogP contribution in [-0.4, -0.2) is 39.9 Å². The molecule has 0 radical (unpaired) electrons. The molecule has 9 rings (SSSR count). The van der Waals surface area contributed by atoms with Gasteiger partial charge in [0.2, 0.25) is 0 Å². The molecule has 7 aromatic rings. The van der Waals surface area contributed by atoms with Crippen LogP contribution in [0.25, 0.3) is 89.7 Å². The summed E-state index contributed by atoms with van der Waals surface area (Å²) in [4.78, 5) is 35.6. The fourth-order valence-electron chi connectivity index (χ4n) is 6.67. The lowest BCUT2D eigenvalue weighted by atomic mass is 10.0. The van der Waals surface area contributed by atoms with Crippen molar-refractivity contribution in [3.63, 3.8) is 0 Å². The molecule has 56 heavy (non-hydrogen) atoms. The van der Waals surface area contributed by atoms with E-state index in [0.29, 0.717) is 33.0 Å². The first-order chi connectivity index (χ1) is 26.4. The summed E-state index contributed by atoms with van der Waals surface area (Å²) < 4.78 is 0. The molecule has 8 bridgehead atoms. The molecule has 0 aliphatic carbocycles. The first kappa shape index (κ1) is 39.7. The maximum atomic E-state index is 6.92. The molecule has 22 heteroatoms. The normalized spacial score (nSPS) is 12.3. The zero-order valence-electron chi connectivity index (χ0n) is 27.0. The minimum absolute atomic E-state index is 0.000393. The fraction of sp³-hybridized carbons (Fsp3) is 0.0588. The standard InChI is InChI=1S/C34H8Cl14N8/c1-3-5-7(15(37)21(43)13(3)35)29-49-27(5)51-31-9-11(19(41)25(47)23(45)17(9)39)33(54-31)56-34-12-10(18(40)24(46)26(48)20(12)42)32(55-34)52-28-6-4(2)14(36)22(44)16(38)8(6)30(50-28)53-29/h1-2H3,(H2,49,50,51,52,53,54,55,56). The number of halogens is 14. The van der Waals surface area contributed by atoms with Crippen molar-refractivity contribution >= 4 is 207 Å². The maximum Gasteiger partial charge on any atom is 0.166 e. The number of nitrogens with one attached hydrogen (secondary N) is 2. The third kappa shape index (κ3) is 5.49. The van der Waals surface area contributed by atoms with Crippen LogP contribution in [0.2, 0.25) is 70.3 Å². The Morgan fingerprint density at radius 3 is 0.946 bits per heavy atom. The van der Waals surface area contributed by atoms with Gasteiger partial charge in [-0.2, -0.15) is 0 Å². The second-order valence-electron chi connectivity index (χ2n) is 12.3. The third-order valence-electron chi connectivity index (χ3n) is 9.26. The summed E-state index contributed by atoms with van der Waals surface area (Å²) in [6.07, 6.45) is 0. The topological polar surface area (TPSA) is 109 Å². The number of hydrogen-bond donors (Lipinski definition) is 2. The van der Waals surface area contributed by atoms with Crippen LogP contribution in [0.3, 0.4) is 0 Å². The second kappa shape index (κ2) is 13.9. The van der Waals surface area contributed by atoms with Gasteiger partial charge >= 0.3 is 0 Å². The molecule has 0 spiro atoms. The SMILES string of the molecule is Cc1c(Cl)c(Cl)c(Cl)c2c1-c1nc-2nc2[nH]c(nc3nc(nc4[nH]c(n1)c1c(Cl)c(Cl)c(Cl)c(Cl)c41)-c1c(Cl)c(Cl)c(Cl)c(Cl)c1-3)c1c(C)c(Cl)c(Cl)c(Cl)c21. The van der Waals surface area contributed by atoms with E-state index in [2.05, 4.69) is 9.97 Å². The average molecular weight is 1020 g/mol. The number of H-pyrrole nitrogens is 2. The number of nitrogens with zero attached hydrogens (tertiary/aromatic N) is 6. The van der Waals surface area contributed by atoms with Gasteiger partial charge in [0.05, 0.1) is 97.8 Å². The van der Waals surface area contributed by atoms with Crippen molar-refractivity contribution in [2.75, 3.05) is 0 Å². The van der Waals surface area contributed by atoms with Gasteiger partial charge in [-0.3, -0.25) is 0 Å². The maximum absolute atomic E-state index is 6.92. The summed E-state index contributed by atoms with van der Waals surface area (Å²) in [5.74, 6) is 0.159. The number of aromatic nitrogens is 8. The van der Waals surface area contributed by atoms with Crippen LogP contribution in [0, 0.1) is 13.8 Å². The molecule has 3 aromatic heterocycles. The molecule has 2 aliphatic heterocycles. The molecule has 2 N–H and O–H groups in total. The summed E-state index contributed by atoms with van der Waals surface area (Å²) in [6, 6.07) is 0. The molecule has 282 valence electrons. The van der Waals surface area contributed by atoms with Gasteiger partial charge in [0.15, 0.2) is 23.3 Å². The highest BCUT2D eigenvalue weighted by Gasteiger charge is 2.33. The van der Waals surface area contributed by atoms with Gasteiger partial charge in [-0.1, -0.05) is 162 Å². The van der Waals surface area contributed by atoms with E-state index in [9.17, 15) is 0 Å². The van der Waals surface area contributed by atoms with E-state index >= 15 is 0 Å². The number of rotatable bonds is 0. The molecule has 0 atom stereocenters. The molecular weight excluding hydrogens is 1020 g/mol. The monoisotopic (exact) mass is 1020 g/mol. The molecule has 8 nitrogen and oxygen atoms in total. The zero-order chi connectivity index (χ0) is 40.1. The van der Waals surface area contributed by atoms with Crippen LogP contribution < -0.4 is 0 Å². The Hall–Kier alpha value is -1.70. The number of hydrogen-bond acceptors (Lipinski definition) is 6. The highest BCUT2D eigenvalue weighted by molar-refractivity contribution is 6.57. The lowest BCUT2D eigenvalue weighted by molar-refractivity contribution is 1.19. The smallest absolute Gasteiger partial charge is 0.166 e. The number of aryl methyl sites for hydroxylation is 1. The van der Waals surface area contributed by atoms with E-state index < -0.39 is 0 Å². The van der Waals surface area contributed by atoms with Crippen LogP contribution in [0.5, 0.6) is 0 Å². The fourth-order valence-corrected chi connectivity index (χ4v) is 10.2. The van der Waals surface area contributed by atoms with Gasteiger partial charge in [-0.15, -0.1) is 0 Å². The lowest BCUT2D eigenvalue weighted by Crippen LogP contribution is -1.91. The van der Waals surface area contributed by atoms with Crippen molar-refractivity contribution in [2.45, 2.75) is 13.8 Å². The van der Waals surface area contributed by atoms with E-state index in [4.69, 9.17) is 192 Å². The van der Waals surface area contributed by atoms with Gasteiger partial charge in [0, 0.05) is 16.3 Å². The predicted molar refractivity (Wildman–Crippen MR) is 236 cm³/mol. The molecule has 0 saturated heterocycles. The van der Waals surface area contributed by atoms with Gasteiger partial charge in [0.25, 0.3) is 0 Å². The van der Waals surface area contributed by atoms with E-state index in [0.717, 1.165) is 0 Å². The lowest BCUT2D eigenvalue weighted by Gasteiger charge is -2.10. The highest BCUT2D eigenvalue weighted by atomic mass is 35.5. The van der Waals surface area contributed by atoms with Crippen molar-refractivity contribution in [2.24, 2.45) is 0 Å². The predicted octanol–water partition coefficient (Wildman–Crippen LogP) is 16.6. The molecule has 0 saturated carbocycles. The van der Waals surface area contributed by atoms with Crippen molar-refractivity contribution in [1.82, 2.24) is 39.9 Å². The summed E-state index contributed by atoms with van der Waals surface area (Å²) in [5.41, 5.74) is 2.61. The van der Waals surface area contributed by atoms with Gasteiger partial charge < -0.3 is 9.97 Å². The molecule has 0 fully saturated rings. The van der Waals surface area contributed by atoms with Crippen LogP contribution in [0.15, 0.2) is 0 Å². The minimum atomic E-state index is -0.0527. The average Bonchev–Trinajstić information content (AvgIpc) is 3.92. The quantitative estimate of drug-likeness (QED) is 0.116. The van der Waals surface area contributed by atoms with Crippen molar-refractivity contribution in [3.8, 4) is 45.6 Å². The number of aromatic amines is 2. The third-order valence-corrected chi connectivity index (χ3v) is 15.7. The van der Waals surface area contributed by atoms with Crippen LogP contribution in [0.1, 0.15) is 11.1 Å². The Bertz CT molecular complexity index is 2810. The van der Waals surface area contributed by atoms with Crippen LogP contribution >= 0.6 is 162 Å². The van der Waals surface area contributed by atoms with Crippen LogP contribution in [-0.2, 0) is 0 Å². The zero-order valence-corrected chi connectivity index (χ0v) is 37.6. The molecule has 0 amide bonds. The van der Waals surface area contributed by atoms with E-state index in [1.165, 1.54) is 0 Å². The Morgan fingerprint density at radius 1 is 0.268 bits per heavy atom. The largest absolute Gasteiger partial charge is 0.324 e. The number of fused-ring (bicyclic) bond motifs is 20. The Kier molecular flexibility index (Phi) is 9.89. The molecule has 2 aliphatic rings. The minimum Gasteiger partial charge on any atom is -0.324 e. The molecule has 4 aromatic carbocycles. The Morgan fingerprint density at radius 2 is 0.536 bits per heavy atom. The van der Waals surface area contributed by atoms with E-state index in [-0.39, 0.29) is 138 Å². The highest BCUT2D eigenvalue weighted by Crippen LogP contribution is 2.53. The molecule has 0 unspecified atom stereocenters. The first-order valence-corrected chi connectivity index (χ1v) is 20.6. The summed E-state index contributed by atoms with van der Waals surface area (Å²) >= 11 is 94.4. The number of benzene rings is 4. The van der Waals surface area contributed by atoms with Gasteiger partial charge in [-0.25, -0.2) is 29.9 Å². The summed E-state index contributed by atoms with van der Waals surface area (Å²) in [7, 11) is 0. The molecular formula is C34H8Cl14N8. The second-order valence-corrected chi connectivity index (χ2v) is 17.5. The van der Waals surface area contributed by atoms with Gasteiger partial charge in [0.1, 0.15) is 22.6 Å². The van der Waals surface area contributed by atoms with E-state index in [1.54, 1.807) is 13.8 Å². The van der Waals surface area contributed by atoms with Gasteiger partial charge in [-0.05, 0) is 25.0 Å². The van der Waals surface area contributed by atoms with Crippen molar-refractivity contribution < 1.29 is 0 Å². The first-order valence-electron chi connectivity index (χ1n) is 15.3. The molecule has 5 heterocycles. The Labute approximate surface area is 383 Å². The van der Waals surface area contributed by atoms with Crippen LogP contribution in [0.4, 0.5) is 0 Å². The van der Waals surface area contributed by atoms with Crippen molar-refractivity contribution in [3.05, 3.63) is 81.4 Å².